The molecule has 0 aliphatic carbocycles. The van der Waals surface area contributed by atoms with Crippen LogP contribution in [0.1, 0.15) is 36.5 Å². The Balaban J connectivity index is 1.40. The van der Waals surface area contributed by atoms with Gasteiger partial charge >= 0.3 is 6.17 Å². The molecule has 0 spiro atoms. The molecule has 1 N–H and O–H groups in total. The minimum absolute atomic E-state index is 0.00178. The van der Waals surface area contributed by atoms with Crippen LogP contribution in [0.5, 0.6) is 0 Å². The molecule has 1 aliphatic heterocycles. The van der Waals surface area contributed by atoms with Gasteiger partial charge in [-0.3, -0.25) is 24.3 Å². The van der Waals surface area contributed by atoms with Gasteiger partial charge in [-0.25, -0.2) is 11.0 Å². The third-order valence-electron chi connectivity index (χ3n) is 6.45. The number of rotatable bonds is 5. The fourth-order valence-corrected chi connectivity index (χ4v) is 4.75. The molecule has 3 heterocycles. The summed E-state index contributed by atoms with van der Waals surface area (Å²) in [6, 6.07) is 15.5. The van der Waals surface area contributed by atoms with Crippen molar-refractivity contribution in [2.24, 2.45) is 0 Å². The maximum atomic E-state index is 14.3. The van der Waals surface area contributed by atoms with Gasteiger partial charge in [0.05, 0.1) is 18.5 Å². The summed E-state index contributed by atoms with van der Waals surface area (Å²) in [4.78, 5) is 38.1. The number of aromatic nitrogens is 2. The summed E-state index contributed by atoms with van der Waals surface area (Å²) in [5, 5.41) is 1.81. The van der Waals surface area contributed by atoms with Crippen LogP contribution in [-0.4, -0.2) is 44.9 Å². The summed E-state index contributed by atoms with van der Waals surface area (Å²) < 4.78 is 14.3. The molecule has 1 fully saturated rings. The average molecular weight is 455 g/mol. The number of benzene rings is 2. The second kappa shape index (κ2) is 8.38. The van der Waals surface area contributed by atoms with Crippen LogP contribution in [0.15, 0.2) is 60.9 Å². The van der Waals surface area contributed by atoms with Crippen molar-refractivity contribution in [3.8, 4) is 11.1 Å². The molecular weight excluding hydrogens is 431 g/mol. The van der Waals surface area contributed by atoms with E-state index in [9.17, 15) is 14.0 Å². The zero-order chi connectivity index (χ0) is 23.9. The van der Waals surface area contributed by atoms with Crippen molar-refractivity contribution in [1.82, 2.24) is 14.9 Å². The molecule has 6 nitrogen and oxygen atoms in total. The number of fused-ring (bicyclic) bond motifs is 2. The summed E-state index contributed by atoms with van der Waals surface area (Å²) in [6.45, 7) is 8.55. The van der Waals surface area contributed by atoms with Gasteiger partial charge in [0.15, 0.2) is 5.78 Å². The van der Waals surface area contributed by atoms with Crippen LogP contribution in [-0.2, 0) is 4.79 Å². The van der Waals surface area contributed by atoms with E-state index in [0.717, 1.165) is 27.4 Å². The first-order chi connectivity index (χ1) is 16.4. The molecule has 1 aliphatic rings. The predicted octanol–water partition coefficient (Wildman–Crippen LogP) is 5.55. The number of nitrogens with one attached hydrogen (secondary N) is 1. The number of carbonyl (C=O) groups is 2. The van der Waals surface area contributed by atoms with Crippen LogP contribution in [0.25, 0.3) is 37.8 Å². The number of hydrogen-bond donors (Lipinski definition) is 1. The molecule has 0 radical (unpaired) electrons. The molecule has 0 bridgehead atoms. The Morgan fingerprint density at radius 2 is 2.03 bits per heavy atom. The minimum Gasteiger partial charge on any atom is -0.361 e. The normalized spacial score (nSPS) is 20.0. The quantitative estimate of drug-likeness (QED) is 0.317. The van der Waals surface area contributed by atoms with Crippen molar-refractivity contribution in [3.05, 3.63) is 77.9 Å². The number of Topliss-reactive ketones (excluding diaryl/α,β-unsaturated/α-hetero) is 1. The number of amides is 1. The van der Waals surface area contributed by atoms with Crippen molar-refractivity contribution in [3.63, 3.8) is 0 Å². The number of likely N-dealkylation sites (tertiary alicyclic amines) is 1. The van der Waals surface area contributed by atoms with Gasteiger partial charge in [0, 0.05) is 52.7 Å². The van der Waals surface area contributed by atoms with Crippen molar-refractivity contribution in [1.29, 1.82) is 0 Å². The second-order valence-corrected chi connectivity index (χ2v) is 9.01. The molecule has 5 rings (SSSR count). The van der Waals surface area contributed by atoms with Crippen LogP contribution in [0, 0.1) is 6.57 Å². The number of hydrogen-bond acceptors (Lipinski definition) is 3. The van der Waals surface area contributed by atoms with Gasteiger partial charge in [-0.15, -0.1) is 0 Å². The molecule has 2 aromatic carbocycles. The number of aromatic amines is 1. The van der Waals surface area contributed by atoms with Crippen molar-refractivity contribution < 1.29 is 14.0 Å². The highest BCUT2D eigenvalue weighted by atomic mass is 19.1. The molecule has 4 aromatic rings. The van der Waals surface area contributed by atoms with Gasteiger partial charge in [-0.05, 0) is 36.8 Å². The molecule has 34 heavy (non-hydrogen) atoms. The maximum absolute atomic E-state index is 14.3. The van der Waals surface area contributed by atoms with Crippen LogP contribution < -0.4 is 0 Å². The Morgan fingerprint density at radius 1 is 1.21 bits per heavy atom. The maximum Gasteiger partial charge on any atom is 0.303 e. The standard InChI is InChI=1S/C27H23FN4O2/c1-27(28)14-25(29-2)32(16-27)26(34)10-9-24(33)19-11-12-30-23-8-7-17(13-20(19)23)21-15-31-22-6-4-3-5-18(21)22/h3-8,11-13,15,25,31H,9-10,14,16H2,1H3/t25-,27?/m0/s1. The van der Waals surface area contributed by atoms with E-state index in [1.165, 1.54) is 11.8 Å². The van der Waals surface area contributed by atoms with E-state index in [4.69, 9.17) is 6.57 Å². The number of halogens is 1. The first kappa shape index (κ1) is 21.8. The molecule has 1 saturated heterocycles. The molecule has 7 heteroatoms. The van der Waals surface area contributed by atoms with E-state index in [1.807, 2.05) is 48.7 Å². The predicted molar refractivity (Wildman–Crippen MR) is 129 cm³/mol. The lowest BCUT2D eigenvalue weighted by atomic mass is 9.97. The van der Waals surface area contributed by atoms with Gasteiger partial charge in [0.2, 0.25) is 5.91 Å². The Kier molecular flexibility index (Phi) is 5.37. The number of para-hydroxylation sites is 1. The molecule has 1 amide bonds. The van der Waals surface area contributed by atoms with E-state index in [0.29, 0.717) is 11.1 Å². The summed E-state index contributed by atoms with van der Waals surface area (Å²) in [5.74, 6) is -0.549. The monoisotopic (exact) mass is 454 g/mol. The minimum atomic E-state index is -1.57. The van der Waals surface area contributed by atoms with E-state index in [1.54, 1.807) is 12.3 Å². The number of pyridine rings is 1. The van der Waals surface area contributed by atoms with E-state index < -0.39 is 11.8 Å². The summed E-state index contributed by atoms with van der Waals surface area (Å²) in [5.41, 5.74) is 2.64. The second-order valence-electron chi connectivity index (χ2n) is 9.01. The lowest BCUT2D eigenvalue weighted by Gasteiger charge is -2.17. The Morgan fingerprint density at radius 3 is 2.85 bits per heavy atom. The number of ketones is 1. The lowest BCUT2D eigenvalue weighted by molar-refractivity contribution is -0.131. The highest BCUT2D eigenvalue weighted by molar-refractivity contribution is 6.09. The van der Waals surface area contributed by atoms with Gasteiger partial charge in [-0.2, -0.15) is 0 Å². The molecule has 0 saturated carbocycles. The fourth-order valence-electron chi connectivity index (χ4n) is 4.75. The summed E-state index contributed by atoms with van der Waals surface area (Å²) in [7, 11) is 0. The van der Waals surface area contributed by atoms with Gasteiger partial charge in [-0.1, -0.05) is 24.3 Å². The first-order valence-electron chi connectivity index (χ1n) is 11.2. The lowest BCUT2D eigenvalue weighted by Crippen LogP contribution is -2.35. The summed E-state index contributed by atoms with van der Waals surface area (Å²) in [6.07, 6.45) is 2.66. The number of alkyl halides is 1. The van der Waals surface area contributed by atoms with E-state index in [-0.39, 0.29) is 37.5 Å². The Labute approximate surface area is 196 Å². The number of carbonyl (C=O) groups excluding carboxylic acids is 2. The number of H-pyrrole nitrogens is 1. The Hall–Kier alpha value is -4.05. The molecule has 170 valence electrons. The van der Waals surface area contributed by atoms with Gasteiger partial charge in [0.25, 0.3) is 0 Å². The van der Waals surface area contributed by atoms with Crippen molar-refractivity contribution >= 4 is 33.5 Å². The highest BCUT2D eigenvalue weighted by Crippen LogP contribution is 2.33. The summed E-state index contributed by atoms with van der Waals surface area (Å²) >= 11 is 0. The third kappa shape index (κ3) is 3.92. The zero-order valence-electron chi connectivity index (χ0n) is 18.7. The van der Waals surface area contributed by atoms with Crippen molar-refractivity contribution in [2.45, 2.75) is 38.0 Å². The van der Waals surface area contributed by atoms with Gasteiger partial charge < -0.3 is 4.98 Å². The van der Waals surface area contributed by atoms with E-state index >= 15 is 0 Å². The smallest absolute Gasteiger partial charge is 0.303 e. The van der Waals surface area contributed by atoms with Crippen LogP contribution >= 0.6 is 0 Å². The third-order valence-corrected chi connectivity index (χ3v) is 6.45. The van der Waals surface area contributed by atoms with E-state index in [2.05, 4.69) is 14.8 Å². The molecular formula is C27H23FN4O2. The Bertz CT molecular complexity index is 1470. The first-order valence-corrected chi connectivity index (χ1v) is 11.2. The zero-order valence-corrected chi connectivity index (χ0v) is 18.7. The van der Waals surface area contributed by atoms with Crippen LogP contribution in [0.4, 0.5) is 4.39 Å². The fraction of sp³-hybridized carbons (Fsp3) is 0.259. The topological polar surface area (TPSA) is 70.4 Å². The average Bonchev–Trinajstić information content (AvgIpc) is 3.41. The number of nitrogens with zero attached hydrogens (tertiary/aromatic N) is 3. The largest absolute Gasteiger partial charge is 0.361 e. The SMILES string of the molecule is [C-]#[N+][C@@H]1CC(C)(F)CN1C(=O)CCC(=O)c1ccnc2ccc(-c3c[nH]c4ccccc34)cc12. The molecule has 1 unspecified atom stereocenters. The van der Waals surface area contributed by atoms with Crippen LogP contribution in [0.3, 0.4) is 0 Å². The molecule has 2 aromatic heterocycles. The molecule has 2 atom stereocenters. The highest BCUT2D eigenvalue weighted by Gasteiger charge is 2.47. The van der Waals surface area contributed by atoms with Crippen molar-refractivity contribution in [2.75, 3.05) is 6.54 Å². The van der Waals surface area contributed by atoms with Crippen LogP contribution in [0.2, 0.25) is 0 Å². The van der Waals surface area contributed by atoms with Gasteiger partial charge in [0.1, 0.15) is 5.67 Å².